The molecule has 0 bridgehead atoms. The van der Waals surface area contributed by atoms with Crippen molar-refractivity contribution in [3.63, 3.8) is 0 Å². The van der Waals surface area contributed by atoms with Gasteiger partial charge in [0.05, 0.1) is 17.9 Å². The molecule has 2 aromatic heterocycles. The third-order valence-corrected chi connectivity index (χ3v) is 2.98. The first-order valence-electron chi connectivity index (χ1n) is 5.55. The van der Waals surface area contributed by atoms with Gasteiger partial charge >= 0.3 is 0 Å². The van der Waals surface area contributed by atoms with Crippen molar-refractivity contribution in [3.8, 4) is 11.3 Å². The summed E-state index contributed by atoms with van der Waals surface area (Å²) in [5.41, 5.74) is 2.10. The van der Waals surface area contributed by atoms with Crippen LogP contribution in [0.3, 0.4) is 0 Å². The molecule has 1 aliphatic heterocycles. The quantitative estimate of drug-likeness (QED) is 0.833. The predicted molar refractivity (Wildman–Crippen MR) is 58.9 cm³/mol. The molecule has 1 aliphatic rings. The molecule has 0 saturated carbocycles. The highest BCUT2D eigenvalue weighted by Gasteiger charge is 2.16. The van der Waals surface area contributed by atoms with Crippen LogP contribution in [0.15, 0.2) is 24.7 Å². The van der Waals surface area contributed by atoms with Gasteiger partial charge in [-0.25, -0.2) is 0 Å². The van der Waals surface area contributed by atoms with Crippen molar-refractivity contribution < 1.29 is 4.74 Å². The normalized spacial score (nSPS) is 17.8. The van der Waals surface area contributed by atoms with Crippen LogP contribution in [-0.2, 0) is 4.74 Å². The van der Waals surface area contributed by atoms with Crippen LogP contribution in [0, 0.1) is 0 Å². The van der Waals surface area contributed by atoms with Gasteiger partial charge in [0.15, 0.2) is 0 Å². The van der Waals surface area contributed by atoms with E-state index in [0.29, 0.717) is 6.04 Å². The van der Waals surface area contributed by atoms with Gasteiger partial charge in [-0.05, 0) is 18.9 Å². The van der Waals surface area contributed by atoms with Crippen LogP contribution in [0.1, 0.15) is 18.9 Å². The molecule has 2 aromatic rings. The summed E-state index contributed by atoms with van der Waals surface area (Å²) in [6.45, 7) is 1.67. The van der Waals surface area contributed by atoms with Crippen molar-refractivity contribution >= 4 is 0 Å². The average Bonchev–Trinajstić information content (AvgIpc) is 3.01. The standard InChI is InChI=1S/C11H14N4O/c1-4-12-14-11(1)9-7-13-15(8-9)10-2-5-16-6-3-10/h1,4,7-8,10H,2-3,5-6H2,(H,12,14). The second kappa shape index (κ2) is 4.09. The zero-order chi connectivity index (χ0) is 10.8. The van der Waals surface area contributed by atoms with Crippen LogP contribution in [0.5, 0.6) is 0 Å². The van der Waals surface area contributed by atoms with Crippen LogP contribution in [0.25, 0.3) is 11.3 Å². The highest BCUT2D eigenvalue weighted by atomic mass is 16.5. The van der Waals surface area contributed by atoms with E-state index >= 15 is 0 Å². The Kier molecular flexibility index (Phi) is 2.46. The van der Waals surface area contributed by atoms with Crippen molar-refractivity contribution in [2.45, 2.75) is 18.9 Å². The Bertz CT molecular complexity index is 442. The molecule has 1 fully saturated rings. The lowest BCUT2D eigenvalue weighted by Crippen LogP contribution is -2.19. The van der Waals surface area contributed by atoms with E-state index in [1.54, 1.807) is 6.20 Å². The van der Waals surface area contributed by atoms with Gasteiger partial charge < -0.3 is 4.74 Å². The third kappa shape index (κ3) is 1.74. The molecule has 5 nitrogen and oxygen atoms in total. The first kappa shape index (κ1) is 9.59. The van der Waals surface area contributed by atoms with Crippen LogP contribution in [0.2, 0.25) is 0 Å². The van der Waals surface area contributed by atoms with Gasteiger partial charge in [-0.15, -0.1) is 0 Å². The fraction of sp³-hybridized carbons (Fsp3) is 0.455. The first-order chi connectivity index (χ1) is 7.93. The fourth-order valence-corrected chi connectivity index (χ4v) is 2.04. The van der Waals surface area contributed by atoms with E-state index in [9.17, 15) is 0 Å². The molecular weight excluding hydrogens is 204 g/mol. The minimum Gasteiger partial charge on any atom is -0.381 e. The van der Waals surface area contributed by atoms with Gasteiger partial charge in [0.1, 0.15) is 0 Å². The minimum absolute atomic E-state index is 0.477. The average molecular weight is 218 g/mol. The van der Waals surface area contributed by atoms with E-state index in [4.69, 9.17) is 4.74 Å². The monoisotopic (exact) mass is 218 g/mol. The van der Waals surface area contributed by atoms with E-state index in [2.05, 4.69) is 21.5 Å². The van der Waals surface area contributed by atoms with E-state index in [1.807, 2.05) is 16.9 Å². The second-order valence-electron chi connectivity index (χ2n) is 4.02. The molecule has 0 unspecified atom stereocenters. The smallest absolute Gasteiger partial charge is 0.0681 e. The van der Waals surface area contributed by atoms with E-state index in [0.717, 1.165) is 37.3 Å². The van der Waals surface area contributed by atoms with Crippen molar-refractivity contribution in [2.24, 2.45) is 0 Å². The summed E-state index contributed by atoms with van der Waals surface area (Å²) in [7, 11) is 0. The largest absolute Gasteiger partial charge is 0.381 e. The zero-order valence-corrected chi connectivity index (χ0v) is 8.97. The summed E-state index contributed by atoms with van der Waals surface area (Å²) in [5.74, 6) is 0. The number of ether oxygens (including phenoxy) is 1. The number of rotatable bonds is 2. The fourth-order valence-electron chi connectivity index (χ4n) is 2.04. The van der Waals surface area contributed by atoms with Crippen LogP contribution < -0.4 is 0 Å². The lowest BCUT2D eigenvalue weighted by Gasteiger charge is -2.22. The van der Waals surface area contributed by atoms with E-state index in [1.165, 1.54) is 0 Å². The Morgan fingerprint density at radius 1 is 1.38 bits per heavy atom. The lowest BCUT2D eigenvalue weighted by molar-refractivity contribution is 0.0662. The minimum atomic E-state index is 0.477. The summed E-state index contributed by atoms with van der Waals surface area (Å²) in [6.07, 6.45) is 7.79. The summed E-state index contributed by atoms with van der Waals surface area (Å²) >= 11 is 0. The Balaban J connectivity index is 1.82. The van der Waals surface area contributed by atoms with Gasteiger partial charge in [0.25, 0.3) is 0 Å². The number of hydrogen-bond acceptors (Lipinski definition) is 3. The molecule has 3 rings (SSSR count). The Morgan fingerprint density at radius 3 is 3.00 bits per heavy atom. The lowest BCUT2D eigenvalue weighted by atomic mass is 10.1. The maximum atomic E-state index is 5.34. The molecule has 0 spiro atoms. The molecule has 1 N–H and O–H groups in total. The topological polar surface area (TPSA) is 55.7 Å². The molecule has 5 heteroatoms. The molecule has 0 aromatic carbocycles. The van der Waals surface area contributed by atoms with Crippen LogP contribution in [0.4, 0.5) is 0 Å². The van der Waals surface area contributed by atoms with Gasteiger partial charge in [-0.1, -0.05) is 0 Å². The van der Waals surface area contributed by atoms with Crippen molar-refractivity contribution in [3.05, 3.63) is 24.7 Å². The maximum absolute atomic E-state index is 5.34. The summed E-state index contributed by atoms with van der Waals surface area (Å²) in [6, 6.07) is 2.43. The predicted octanol–water partition coefficient (Wildman–Crippen LogP) is 1.62. The van der Waals surface area contributed by atoms with Gasteiger partial charge in [-0.2, -0.15) is 10.2 Å². The van der Waals surface area contributed by atoms with Crippen LogP contribution in [-0.4, -0.2) is 33.2 Å². The molecule has 0 amide bonds. The Hall–Kier alpha value is -1.62. The van der Waals surface area contributed by atoms with Crippen LogP contribution >= 0.6 is 0 Å². The molecule has 0 aliphatic carbocycles. The molecule has 1 saturated heterocycles. The summed E-state index contributed by atoms with van der Waals surface area (Å²) in [5, 5.41) is 11.3. The van der Waals surface area contributed by atoms with E-state index < -0.39 is 0 Å². The number of nitrogens with zero attached hydrogens (tertiary/aromatic N) is 3. The first-order valence-corrected chi connectivity index (χ1v) is 5.55. The van der Waals surface area contributed by atoms with Gasteiger partial charge in [-0.3, -0.25) is 9.78 Å². The second-order valence-corrected chi connectivity index (χ2v) is 4.02. The SMILES string of the molecule is c1cc(-c2cnn(C3CCOCC3)c2)[nH]n1. The number of hydrogen-bond donors (Lipinski definition) is 1. The summed E-state index contributed by atoms with van der Waals surface area (Å²) < 4.78 is 7.38. The number of nitrogens with one attached hydrogen (secondary N) is 1. The number of H-pyrrole nitrogens is 1. The molecule has 0 atom stereocenters. The highest BCUT2D eigenvalue weighted by Crippen LogP contribution is 2.23. The van der Waals surface area contributed by atoms with Crippen molar-refractivity contribution in [1.29, 1.82) is 0 Å². The van der Waals surface area contributed by atoms with Gasteiger partial charge in [0, 0.05) is 31.2 Å². The molecule has 84 valence electrons. The summed E-state index contributed by atoms with van der Waals surface area (Å²) in [4.78, 5) is 0. The van der Waals surface area contributed by atoms with E-state index in [-0.39, 0.29) is 0 Å². The maximum Gasteiger partial charge on any atom is 0.0681 e. The molecule has 16 heavy (non-hydrogen) atoms. The highest BCUT2D eigenvalue weighted by molar-refractivity contribution is 5.55. The zero-order valence-electron chi connectivity index (χ0n) is 8.97. The molecule has 3 heterocycles. The molecule has 0 radical (unpaired) electrons. The Labute approximate surface area is 93.4 Å². The third-order valence-electron chi connectivity index (χ3n) is 2.98. The number of aromatic nitrogens is 4. The van der Waals surface area contributed by atoms with Gasteiger partial charge in [0.2, 0.25) is 0 Å². The Morgan fingerprint density at radius 2 is 2.25 bits per heavy atom. The molecular formula is C11H14N4O. The van der Waals surface area contributed by atoms with Crippen molar-refractivity contribution in [1.82, 2.24) is 20.0 Å². The van der Waals surface area contributed by atoms with Crippen molar-refractivity contribution in [2.75, 3.05) is 13.2 Å². The number of aromatic amines is 1.